The maximum absolute atomic E-state index is 15.3. The average Bonchev–Trinajstić information content (AvgIpc) is 3.62. The van der Waals surface area contributed by atoms with Gasteiger partial charge in [0.25, 0.3) is 0 Å². The molecule has 2 saturated heterocycles. The maximum atomic E-state index is 15.3. The fourth-order valence-corrected chi connectivity index (χ4v) is 5.59. The molecule has 3 aromatic heterocycles. The van der Waals surface area contributed by atoms with Crippen molar-refractivity contribution < 1.29 is 13.9 Å². The van der Waals surface area contributed by atoms with Crippen LogP contribution in [0.1, 0.15) is 30.1 Å². The summed E-state index contributed by atoms with van der Waals surface area (Å²) >= 11 is 0. The van der Waals surface area contributed by atoms with E-state index in [0.717, 1.165) is 88.3 Å². The van der Waals surface area contributed by atoms with E-state index in [1.165, 1.54) is 12.8 Å². The second kappa shape index (κ2) is 11.3. The molecule has 11 nitrogen and oxygen atoms in total. The molecule has 3 fully saturated rings. The number of aryl methyl sites for hydroxylation is 1. The molecule has 4 aromatic rings. The monoisotopic (exact) mass is 561 g/mol. The van der Waals surface area contributed by atoms with E-state index in [1.807, 2.05) is 25.1 Å². The number of nitrogens with zero attached hydrogens (tertiary/aromatic N) is 6. The predicted molar refractivity (Wildman–Crippen MR) is 155 cm³/mol. The summed E-state index contributed by atoms with van der Waals surface area (Å²) < 4.78 is 26.8. The Hall–Kier alpha value is -3.74. The van der Waals surface area contributed by atoms with Gasteiger partial charge < -0.3 is 24.7 Å². The van der Waals surface area contributed by atoms with Gasteiger partial charge in [0.1, 0.15) is 11.6 Å². The number of hydrogen-bond acceptors (Lipinski definition) is 9. The zero-order valence-corrected chi connectivity index (χ0v) is 23.3. The van der Waals surface area contributed by atoms with Gasteiger partial charge in [0.2, 0.25) is 0 Å². The van der Waals surface area contributed by atoms with E-state index in [0.29, 0.717) is 22.9 Å². The Labute approximate surface area is 238 Å². The van der Waals surface area contributed by atoms with Crippen LogP contribution in [0, 0.1) is 12.7 Å². The number of rotatable bonds is 9. The topological polar surface area (TPSA) is 110 Å². The van der Waals surface area contributed by atoms with E-state index in [9.17, 15) is 0 Å². The van der Waals surface area contributed by atoms with E-state index in [1.54, 1.807) is 12.1 Å². The third-order valence-corrected chi connectivity index (χ3v) is 8.13. The molecular weight excluding hydrogens is 525 g/mol. The molecule has 1 aromatic carbocycles. The highest BCUT2D eigenvalue weighted by Gasteiger charge is 2.26. The highest BCUT2D eigenvalue weighted by molar-refractivity contribution is 5.82. The molecule has 5 heterocycles. The van der Waals surface area contributed by atoms with Gasteiger partial charge in [-0.25, -0.2) is 4.39 Å². The van der Waals surface area contributed by atoms with Crippen molar-refractivity contribution in [1.29, 1.82) is 0 Å². The average molecular weight is 562 g/mol. The number of piperazine rings is 1. The Bertz CT molecular complexity index is 1500. The van der Waals surface area contributed by atoms with Crippen molar-refractivity contribution in [3.05, 3.63) is 47.5 Å². The van der Waals surface area contributed by atoms with E-state index >= 15 is 4.39 Å². The van der Waals surface area contributed by atoms with Crippen molar-refractivity contribution in [3.63, 3.8) is 0 Å². The summed E-state index contributed by atoms with van der Waals surface area (Å²) in [5.41, 5.74) is 2.74. The summed E-state index contributed by atoms with van der Waals surface area (Å²) in [7, 11) is 0. The number of nitrogens with one attached hydrogen (secondary N) is 3. The summed E-state index contributed by atoms with van der Waals surface area (Å²) in [6.45, 7) is 11.2. The molecule has 0 amide bonds. The van der Waals surface area contributed by atoms with Crippen molar-refractivity contribution in [2.24, 2.45) is 0 Å². The Balaban J connectivity index is 1.09. The quantitative estimate of drug-likeness (QED) is 0.279. The molecule has 7 rings (SSSR count). The minimum absolute atomic E-state index is 0.0863. The molecule has 0 unspecified atom stereocenters. The van der Waals surface area contributed by atoms with Crippen LogP contribution in [0.3, 0.4) is 0 Å². The molecule has 41 heavy (non-hydrogen) atoms. The first-order chi connectivity index (χ1) is 20.1. The van der Waals surface area contributed by atoms with Crippen LogP contribution in [0.25, 0.3) is 10.9 Å². The molecule has 216 valence electrons. The minimum Gasteiger partial charge on any atom is -0.421 e. The number of morpholine rings is 1. The van der Waals surface area contributed by atoms with Crippen LogP contribution < -0.4 is 15.0 Å². The fraction of sp³-hybridized carbons (Fsp3) is 0.483. The zero-order chi connectivity index (χ0) is 27.8. The van der Waals surface area contributed by atoms with E-state index in [-0.39, 0.29) is 11.8 Å². The predicted octanol–water partition coefficient (Wildman–Crippen LogP) is 4.00. The third kappa shape index (κ3) is 5.99. The first-order valence-corrected chi connectivity index (χ1v) is 14.5. The van der Waals surface area contributed by atoms with Gasteiger partial charge in [-0.3, -0.25) is 14.9 Å². The molecule has 12 heteroatoms. The first-order valence-electron chi connectivity index (χ1n) is 14.5. The molecule has 1 saturated carbocycles. The van der Waals surface area contributed by atoms with Crippen LogP contribution in [0.2, 0.25) is 0 Å². The summed E-state index contributed by atoms with van der Waals surface area (Å²) in [6.07, 6.45) is 2.37. The van der Waals surface area contributed by atoms with Gasteiger partial charge in [0, 0.05) is 92.7 Å². The van der Waals surface area contributed by atoms with Crippen LogP contribution in [-0.2, 0) is 4.74 Å². The smallest absolute Gasteiger partial charge is 0.326 e. The van der Waals surface area contributed by atoms with Gasteiger partial charge in [0.15, 0.2) is 17.4 Å². The van der Waals surface area contributed by atoms with Gasteiger partial charge in [-0.15, -0.1) is 0 Å². The Kier molecular flexibility index (Phi) is 7.19. The lowest BCUT2D eigenvalue weighted by atomic mass is 10.2. The lowest BCUT2D eigenvalue weighted by Crippen LogP contribution is -2.49. The number of benzene rings is 1. The van der Waals surface area contributed by atoms with Crippen molar-refractivity contribution in [1.82, 2.24) is 34.9 Å². The van der Waals surface area contributed by atoms with Gasteiger partial charge >= 0.3 is 6.01 Å². The normalized spacial score (nSPS) is 18.7. The number of aromatic nitrogens is 5. The number of H-pyrrole nitrogens is 2. The molecule has 0 bridgehead atoms. The van der Waals surface area contributed by atoms with Crippen LogP contribution in [-0.4, -0.2) is 101 Å². The second-order valence-electron chi connectivity index (χ2n) is 11.2. The van der Waals surface area contributed by atoms with Gasteiger partial charge in [-0.2, -0.15) is 15.1 Å². The summed E-state index contributed by atoms with van der Waals surface area (Å²) in [5, 5.41) is 11.3. The zero-order valence-electron chi connectivity index (χ0n) is 23.3. The largest absolute Gasteiger partial charge is 0.421 e. The van der Waals surface area contributed by atoms with Crippen molar-refractivity contribution in [3.8, 4) is 11.8 Å². The standard InChI is InChI=1S/C29H36FN9O2/c1-19-16-21-22(31-19)4-5-24(28(21)30)41-29-33-25(32-26-17-23(35-36-26)20-2-3-20)18-27(34-29)39-10-8-37(9-11-39)6-7-38-12-14-40-15-13-38/h4-5,16-18,20,31H,2-3,6-15H2,1H3,(H2,32,33,34,35,36). The Morgan fingerprint density at radius 3 is 2.54 bits per heavy atom. The van der Waals surface area contributed by atoms with Gasteiger partial charge in [-0.05, 0) is 38.0 Å². The van der Waals surface area contributed by atoms with Crippen LogP contribution >= 0.6 is 0 Å². The fourth-order valence-electron chi connectivity index (χ4n) is 5.59. The number of ether oxygens (including phenoxy) is 2. The van der Waals surface area contributed by atoms with Crippen molar-refractivity contribution in [2.75, 3.05) is 75.8 Å². The molecule has 2 aliphatic heterocycles. The molecule has 3 N–H and O–H groups in total. The molecule has 1 aliphatic carbocycles. The number of aromatic amines is 2. The summed E-state index contributed by atoms with van der Waals surface area (Å²) in [4.78, 5) is 19.7. The third-order valence-electron chi connectivity index (χ3n) is 8.13. The Morgan fingerprint density at radius 1 is 0.976 bits per heavy atom. The van der Waals surface area contributed by atoms with Crippen LogP contribution in [0.4, 0.5) is 21.8 Å². The van der Waals surface area contributed by atoms with Gasteiger partial charge in [0.05, 0.1) is 13.2 Å². The van der Waals surface area contributed by atoms with Crippen molar-refractivity contribution >= 4 is 28.4 Å². The Morgan fingerprint density at radius 2 is 1.76 bits per heavy atom. The van der Waals surface area contributed by atoms with Gasteiger partial charge in [-0.1, -0.05) is 0 Å². The lowest BCUT2D eigenvalue weighted by molar-refractivity contribution is 0.0331. The van der Waals surface area contributed by atoms with E-state index in [4.69, 9.17) is 14.5 Å². The molecular formula is C29H36FN9O2. The highest BCUT2D eigenvalue weighted by Crippen LogP contribution is 2.40. The second-order valence-corrected chi connectivity index (χ2v) is 11.2. The van der Waals surface area contributed by atoms with E-state index in [2.05, 4.69) is 40.2 Å². The number of fused-ring (bicyclic) bond motifs is 1. The van der Waals surface area contributed by atoms with E-state index < -0.39 is 5.82 Å². The maximum Gasteiger partial charge on any atom is 0.326 e. The lowest BCUT2D eigenvalue weighted by Gasteiger charge is -2.37. The van der Waals surface area contributed by atoms with Crippen molar-refractivity contribution in [2.45, 2.75) is 25.7 Å². The number of anilines is 3. The number of hydrogen-bond donors (Lipinski definition) is 3. The summed E-state index contributed by atoms with van der Waals surface area (Å²) in [6, 6.07) is 9.22. The molecule has 3 aliphatic rings. The minimum atomic E-state index is -0.439. The highest BCUT2D eigenvalue weighted by atomic mass is 19.1. The number of halogens is 1. The summed E-state index contributed by atoms with van der Waals surface area (Å²) in [5.74, 6) is 2.18. The molecule has 0 atom stereocenters. The first kappa shape index (κ1) is 26.2. The molecule has 0 radical (unpaired) electrons. The molecule has 0 spiro atoms. The van der Waals surface area contributed by atoms with Crippen LogP contribution in [0.15, 0.2) is 30.3 Å². The SMILES string of the molecule is Cc1cc2c(F)c(Oc3nc(Nc4cc(C5CC5)[nH]n4)cc(N4CCN(CCN5CCOCC5)CC4)n3)ccc2[nH]1. The van der Waals surface area contributed by atoms with Crippen LogP contribution in [0.5, 0.6) is 11.8 Å².